The van der Waals surface area contributed by atoms with E-state index in [1.807, 2.05) is 42.5 Å². The SMILES string of the molecule is CCn1c(N/N=C\c2ccc(-c3ccc(Cl)cc3Cl)o2)nc2ccccc21. The van der Waals surface area contributed by atoms with Gasteiger partial charge in [0.25, 0.3) is 0 Å². The summed E-state index contributed by atoms with van der Waals surface area (Å²) < 4.78 is 7.86. The average molecular weight is 399 g/mol. The zero-order valence-electron chi connectivity index (χ0n) is 14.5. The Morgan fingerprint density at radius 1 is 1.15 bits per heavy atom. The molecule has 0 aliphatic rings. The third kappa shape index (κ3) is 3.56. The van der Waals surface area contributed by atoms with E-state index in [-0.39, 0.29) is 0 Å². The second-order valence-corrected chi connectivity index (χ2v) is 6.71. The van der Waals surface area contributed by atoms with Gasteiger partial charge in [-0.05, 0) is 49.4 Å². The molecular weight excluding hydrogens is 383 g/mol. The van der Waals surface area contributed by atoms with E-state index in [1.54, 1.807) is 18.3 Å². The van der Waals surface area contributed by atoms with Gasteiger partial charge in [-0.15, -0.1) is 0 Å². The minimum atomic E-state index is 0.537. The Morgan fingerprint density at radius 2 is 2.00 bits per heavy atom. The molecule has 4 rings (SSSR count). The van der Waals surface area contributed by atoms with Crippen molar-refractivity contribution in [1.82, 2.24) is 9.55 Å². The highest BCUT2D eigenvalue weighted by molar-refractivity contribution is 6.36. The van der Waals surface area contributed by atoms with Crippen LogP contribution in [0.1, 0.15) is 12.7 Å². The summed E-state index contributed by atoms with van der Waals surface area (Å²) in [6, 6.07) is 16.9. The Bertz CT molecular complexity index is 1130. The van der Waals surface area contributed by atoms with Crippen LogP contribution in [0.5, 0.6) is 0 Å². The summed E-state index contributed by atoms with van der Waals surface area (Å²) >= 11 is 12.2. The second-order valence-electron chi connectivity index (χ2n) is 5.86. The molecule has 0 atom stereocenters. The van der Waals surface area contributed by atoms with Crippen molar-refractivity contribution >= 4 is 46.4 Å². The van der Waals surface area contributed by atoms with Crippen molar-refractivity contribution in [3.8, 4) is 11.3 Å². The molecule has 0 saturated carbocycles. The molecule has 2 aromatic heterocycles. The van der Waals surface area contributed by atoms with Gasteiger partial charge in [-0.1, -0.05) is 35.3 Å². The molecule has 0 bridgehead atoms. The van der Waals surface area contributed by atoms with Crippen LogP contribution in [-0.2, 0) is 6.54 Å². The smallest absolute Gasteiger partial charge is 0.224 e. The van der Waals surface area contributed by atoms with Gasteiger partial charge in [0.15, 0.2) is 0 Å². The number of hydrogen-bond donors (Lipinski definition) is 1. The molecule has 0 amide bonds. The lowest BCUT2D eigenvalue weighted by atomic mass is 10.2. The molecule has 0 saturated heterocycles. The van der Waals surface area contributed by atoms with Gasteiger partial charge >= 0.3 is 0 Å². The molecule has 0 radical (unpaired) electrons. The lowest BCUT2D eigenvalue weighted by Crippen LogP contribution is -2.01. The minimum Gasteiger partial charge on any atom is -0.455 e. The van der Waals surface area contributed by atoms with E-state index >= 15 is 0 Å². The fraction of sp³-hybridized carbons (Fsp3) is 0.100. The van der Waals surface area contributed by atoms with Gasteiger partial charge in [0.05, 0.1) is 22.3 Å². The van der Waals surface area contributed by atoms with Crippen molar-refractivity contribution in [3.63, 3.8) is 0 Å². The molecule has 0 spiro atoms. The van der Waals surface area contributed by atoms with Crippen molar-refractivity contribution in [3.05, 3.63) is 70.4 Å². The molecule has 0 unspecified atom stereocenters. The molecule has 5 nitrogen and oxygen atoms in total. The van der Waals surface area contributed by atoms with Gasteiger partial charge in [0, 0.05) is 17.1 Å². The van der Waals surface area contributed by atoms with Crippen LogP contribution in [-0.4, -0.2) is 15.8 Å². The largest absolute Gasteiger partial charge is 0.455 e. The van der Waals surface area contributed by atoms with Crippen LogP contribution in [0.15, 0.2) is 64.1 Å². The Kier molecular flexibility index (Phi) is 4.88. The minimum absolute atomic E-state index is 0.537. The van der Waals surface area contributed by atoms with Crippen LogP contribution in [0.2, 0.25) is 10.0 Å². The van der Waals surface area contributed by atoms with E-state index in [9.17, 15) is 0 Å². The van der Waals surface area contributed by atoms with Crippen LogP contribution in [0.3, 0.4) is 0 Å². The summed E-state index contributed by atoms with van der Waals surface area (Å²) in [7, 11) is 0. The average Bonchev–Trinajstić information content (AvgIpc) is 3.26. The first-order valence-corrected chi connectivity index (χ1v) is 9.21. The van der Waals surface area contributed by atoms with Crippen LogP contribution in [0, 0.1) is 0 Å². The molecule has 27 heavy (non-hydrogen) atoms. The number of halogens is 2. The molecule has 0 aliphatic heterocycles. The number of nitrogens with zero attached hydrogens (tertiary/aromatic N) is 3. The number of hydrazone groups is 1. The Balaban J connectivity index is 1.54. The number of fused-ring (bicyclic) bond motifs is 1. The molecule has 7 heteroatoms. The number of imidazole rings is 1. The van der Waals surface area contributed by atoms with Crippen molar-refractivity contribution in [2.75, 3.05) is 5.43 Å². The highest BCUT2D eigenvalue weighted by Crippen LogP contribution is 2.31. The van der Waals surface area contributed by atoms with E-state index in [1.165, 1.54) is 0 Å². The van der Waals surface area contributed by atoms with Crippen LogP contribution >= 0.6 is 23.2 Å². The lowest BCUT2D eigenvalue weighted by molar-refractivity contribution is 0.575. The summed E-state index contributed by atoms with van der Waals surface area (Å²) in [6.45, 7) is 2.86. The number of furan rings is 1. The summed E-state index contributed by atoms with van der Waals surface area (Å²) in [5, 5.41) is 5.37. The predicted octanol–water partition coefficient (Wildman–Crippen LogP) is 6.07. The van der Waals surface area contributed by atoms with Gasteiger partial charge in [-0.2, -0.15) is 5.10 Å². The number of aromatic nitrogens is 2. The van der Waals surface area contributed by atoms with Crippen LogP contribution < -0.4 is 5.43 Å². The zero-order chi connectivity index (χ0) is 18.8. The third-order valence-electron chi connectivity index (χ3n) is 4.15. The molecule has 0 fully saturated rings. The molecule has 136 valence electrons. The fourth-order valence-corrected chi connectivity index (χ4v) is 3.39. The predicted molar refractivity (Wildman–Crippen MR) is 111 cm³/mol. The van der Waals surface area contributed by atoms with Gasteiger partial charge < -0.3 is 8.98 Å². The van der Waals surface area contributed by atoms with Gasteiger partial charge in [0.1, 0.15) is 11.5 Å². The number of hydrogen-bond acceptors (Lipinski definition) is 4. The molecular formula is C20H16Cl2N4O. The maximum Gasteiger partial charge on any atom is 0.224 e. The van der Waals surface area contributed by atoms with Crippen LogP contribution in [0.4, 0.5) is 5.95 Å². The number of nitrogens with one attached hydrogen (secondary N) is 1. The highest BCUT2D eigenvalue weighted by Gasteiger charge is 2.09. The lowest BCUT2D eigenvalue weighted by Gasteiger charge is -2.04. The number of anilines is 1. The Hall–Kier alpha value is -2.76. The maximum atomic E-state index is 6.23. The standard InChI is InChI=1S/C20H16Cl2N4O/c1-2-26-18-6-4-3-5-17(18)24-20(26)25-23-12-14-8-10-19(27-14)15-9-7-13(21)11-16(15)22/h3-12H,2H2,1H3,(H,24,25)/b23-12-. The van der Waals surface area contributed by atoms with Crippen molar-refractivity contribution in [1.29, 1.82) is 0 Å². The first-order valence-electron chi connectivity index (χ1n) is 8.45. The Labute approximate surface area is 166 Å². The van der Waals surface area contributed by atoms with Crippen molar-refractivity contribution in [2.24, 2.45) is 5.10 Å². The zero-order valence-corrected chi connectivity index (χ0v) is 16.0. The van der Waals surface area contributed by atoms with Crippen LogP contribution in [0.25, 0.3) is 22.4 Å². The molecule has 2 heterocycles. The van der Waals surface area contributed by atoms with Crippen molar-refractivity contribution in [2.45, 2.75) is 13.5 Å². The van der Waals surface area contributed by atoms with E-state index < -0.39 is 0 Å². The quantitative estimate of drug-likeness (QED) is 0.327. The number of aryl methyl sites for hydroxylation is 1. The number of benzene rings is 2. The summed E-state index contributed by atoms with van der Waals surface area (Å²) in [5.74, 6) is 1.93. The topological polar surface area (TPSA) is 55.4 Å². The molecule has 2 aromatic carbocycles. The summed E-state index contributed by atoms with van der Waals surface area (Å²) in [6.07, 6.45) is 1.60. The number of rotatable bonds is 5. The van der Waals surface area contributed by atoms with Crippen molar-refractivity contribution < 1.29 is 4.42 Å². The summed E-state index contributed by atoms with van der Waals surface area (Å²) in [4.78, 5) is 4.56. The Morgan fingerprint density at radius 3 is 2.81 bits per heavy atom. The number of para-hydroxylation sites is 2. The maximum absolute atomic E-state index is 6.23. The second kappa shape index (κ2) is 7.47. The van der Waals surface area contributed by atoms with E-state index in [2.05, 4.69) is 27.0 Å². The first kappa shape index (κ1) is 17.6. The monoisotopic (exact) mass is 398 g/mol. The fourth-order valence-electron chi connectivity index (χ4n) is 2.89. The van der Waals surface area contributed by atoms with Gasteiger partial charge in [0.2, 0.25) is 5.95 Å². The van der Waals surface area contributed by atoms with Gasteiger partial charge in [-0.3, -0.25) is 0 Å². The molecule has 1 N–H and O–H groups in total. The summed E-state index contributed by atoms with van der Waals surface area (Å²) in [5.41, 5.74) is 5.76. The van der Waals surface area contributed by atoms with E-state index in [0.717, 1.165) is 23.1 Å². The van der Waals surface area contributed by atoms with Gasteiger partial charge in [-0.25, -0.2) is 10.4 Å². The van der Waals surface area contributed by atoms with E-state index in [0.29, 0.717) is 27.5 Å². The molecule has 0 aliphatic carbocycles. The third-order valence-corrected chi connectivity index (χ3v) is 4.70. The first-order chi connectivity index (χ1) is 13.2. The normalized spacial score (nSPS) is 11.5. The highest BCUT2D eigenvalue weighted by atomic mass is 35.5. The molecule has 4 aromatic rings. The van der Waals surface area contributed by atoms with E-state index in [4.69, 9.17) is 27.6 Å².